The Morgan fingerprint density at radius 1 is 1.30 bits per heavy atom. The van der Waals surface area contributed by atoms with E-state index < -0.39 is 11.0 Å². The van der Waals surface area contributed by atoms with Crippen molar-refractivity contribution in [3.8, 4) is 0 Å². The predicted molar refractivity (Wildman–Crippen MR) is 116 cm³/mol. The lowest BCUT2D eigenvalue weighted by Crippen LogP contribution is -2.39. The van der Waals surface area contributed by atoms with Crippen molar-refractivity contribution in [1.29, 1.82) is 0 Å². The summed E-state index contributed by atoms with van der Waals surface area (Å²) in [6, 6.07) is 11.3. The molecule has 0 aromatic heterocycles. The Labute approximate surface area is 185 Å². The van der Waals surface area contributed by atoms with Gasteiger partial charge in [-0.1, -0.05) is 41.4 Å². The normalized spacial score (nSPS) is 17.7. The van der Waals surface area contributed by atoms with E-state index in [9.17, 15) is 20.0 Å². The maximum Gasteiger partial charge on any atom is 0.269 e. The predicted octanol–water partition coefficient (Wildman–Crippen LogP) is 3.71. The molecule has 1 aliphatic heterocycles. The van der Waals surface area contributed by atoms with Gasteiger partial charge in [0.2, 0.25) is 5.91 Å². The van der Waals surface area contributed by atoms with Crippen LogP contribution in [0, 0.1) is 10.1 Å². The summed E-state index contributed by atoms with van der Waals surface area (Å²) < 4.78 is 0. The number of likely N-dealkylation sites (tertiary alicyclic amines) is 1. The molecule has 2 aromatic rings. The van der Waals surface area contributed by atoms with Crippen molar-refractivity contribution in [1.82, 2.24) is 9.80 Å². The molecule has 0 saturated carbocycles. The van der Waals surface area contributed by atoms with Crippen LogP contribution in [0.2, 0.25) is 10.0 Å². The zero-order valence-corrected chi connectivity index (χ0v) is 18.0. The van der Waals surface area contributed by atoms with Gasteiger partial charge in [0, 0.05) is 38.8 Å². The molecule has 1 heterocycles. The number of carbonyl (C=O) groups is 1. The first-order chi connectivity index (χ1) is 14.2. The second-order valence-corrected chi connectivity index (χ2v) is 8.32. The van der Waals surface area contributed by atoms with Gasteiger partial charge in [-0.25, -0.2) is 0 Å². The van der Waals surface area contributed by atoms with Crippen molar-refractivity contribution in [2.24, 2.45) is 0 Å². The van der Waals surface area contributed by atoms with E-state index in [0.29, 0.717) is 36.1 Å². The highest BCUT2D eigenvalue weighted by molar-refractivity contribution is 6.42. The summed E-state index contributed by atoms with van der Waals surface area (Å²) in [5.74, 6) is -0.108. The number of aliphatic hydroxyl groups is 1. The molecule has 1 amide bonds. The minimum absolute atomic E-state index is 0.00188. The van der Waals surface area contributed by atoms with Crippen LogP contribution in [0.3, 0.4) is 0 Å². The molecule has 1 N–H and O–H groups in total. The smallest absolute Gasteiger partial charge is 0.269 e. The number of aliphatic hydroxyl groups excluding tert-OH is 1. The third-order valence-corrected chi connectivity index (χ3v) is 6.05. The lowest BCUT2D eigenvalue weighted by Gasteiger charge is -2.32. The number of rotatable bonds is 7. The number of non-ortho nitro benzene ring substituents is 1. The van der Waals surface area contributed by atoms with E-state index in [0.717, 1.165) is 11.1 Å². The van der Waals surface area contributed by atoms with E-state index in [-0.39, 0.29) is 24.1 Å². The van der Waals surface area contributed by atoms with Crippen molar-refractivity contribution < 1.29 is 14.8 Å². The summed E-state index contributed by atoms with van der Waals surface area (Å²) in [6.07, 6.45) is 0.354. The first-order valence-corrected chi connectivity index (χ1v) is 10.3. The van der Waals surface area contributed by atoms with Crippen LogP contribution in [0.5, 0.6) is 0 Å². The number of nitro groups is 1. The Balaban J connectivity index is 1.78. The standard InChI is InChI=1S/C21H23Cl2N3O4/c1-24(21(28)10-14-5-6-18(22)19(23)9-14)13-20(25-8-7-17(27)12-25)15-3-2-4-16(11-15)26(29)30/h2-6,9,11,17,20,27H,7-8,10,12-13H2,1H3/t17-,20-/m0/s1. The topological polar surface area (TPSA) is 86.9 Å². The van der Waals surface area contributed by atoms with Crippen molar-refractivity contribution >= 4 is 34.8 Å². The largest absolute Gasteiger partial charge is 0.392 e. The summed E-state index contributed by atoms with van der Waals surface area (Å²) >= 11 is 12.0. The first-order valence-electron chi connectivity index (χ1n) is 9.59. The lowest BCUT2D eigenvalue weighted by molar-refractivity contribution is -0.385. The Kier molecular flexibility index (Phi) is 7.31. The Hall–Kier alpha value is -2.19. The number of hydrogen-bond donors (Lipinski definition) is 1. The number of nitrogens with zero attached hydrogens (tertiary/aromatic N) is 3. The molecular weight excluding hydrogens is 429 g/mol. The van der Waals surface area contributed by atoms with Crippen LogP contribution in [-0.4, -0.2) is 58.5 Å². The lowest BCUT2D eigenvalue weighted by atomic mass is 10.0. The number of carbonyl (C=O) groups excluding carboxylic acids is 1. The monoisotopic (exact) mass is 451 g/mol. The fraction of sp³-hybridized carbons (Fsp3) is 0.381. The quantitative estimate of drug-likeness (QED) is 0.511. The fourth-order valence-electron chi connectivity index (χ4n) is 3.65. The Morgan fingerprint density at radius 3 is 2.70 bits per heavy atom. The van der Waals surface area contributed by atoms with Gasteiger partial charge in [0.15, 0.2) is 0 Å². The highest BCUT2D eigenvalue weighted by Crippen LogP contribution is 2.29. The molecule has 160 valence electrons. The van der Waals surface area contributed by atoms with Gasteiger partial charge in [0.25, 0.3) is 5.69 Å². The van der Waals surface area contributed by atoms with Gasteiger partial charge in [-0.15, -0.1) is 0 Å². The molecule has 3 rings (SSSR count). The average molecular weight is 452 g/mol. The molecule has 1 aliphatic rings. The number of halogens is 2. The number of likely N-dealkylation sites (N-methyl/N-ethyl adjacent to an activating group) is 1. The van der Waals surface area contributed by atoms with Gasteiger partial charge in [0.1, 0.15) is 0 Å². The molecule has 1 fully saturated rings. The Bertz CT molecular complexity index is 940. The van der Waals surface area contributed by atoms with E-state index >= 15 is 0 Å². The zero-order valence-electron chi connectivity index (χ0n) is 16.5. The number of β-amino-alcohol motifs (C(OH)–C–C–N with tert-alkyl or cyclic N) is 1. The summed E-state index contributed by atoms with van der Waals surface area (Å²) in [5.41, 5.74) is 1.50. The molecular formula is C21H23Cl2N3O4. The molecule has 0 bridgehead atoms. The van der Waals surface area contributed by atoms with Crippen molar-refractivity contribution in [2.45, 2.75) is 25.0 Å². The first kappa shape index (κ1) is 22.5. The minimum Gasteiger partial charge on any atom is -0.392 e. The third kappa shape index (κ3) is 5.49. The SMILES string of the molecule is CN(C[C@@H](c1cccc([N+](=O)[O-])c1)N1CC[C@H](O)C1)C(=O)Cc1ccc(Cl)c(Cl)c1. The van der Waals surface area contributed by atoms with Crippen LogP contribution in [-0.2, 0) is 11.2 Å². The second kappa shape index (κ2) is 9.75. The number of hydrogen-bond acceptors (Lipinski definition) is 5. The number of nitro benzene ring substituents is 1. The van der Waals surface area contributed by atoms with Gasteiger partial charge in [0.05, 0.1) is 33.5 Å². The number of amides is 1. The average Bonchev–Trinajstić information content (AvgIpc) is 3.14. The fourth-order valence-corrected chi connectivity index (χ4v) is 3.97. The Morgan fingerprint density at radius 2 is 2.07 bits per heavy atom. The molecule has 0 aliphatic carbocycles. The summed E-state index contributed by atoms with van der Waals surface area (Å²) in [4.78, 5) is 27.2. The van der Waals surface area contributed by atoms with Crippen molar-refractivity contribution in [2.75, 3.05) is 26.7 Å². The highest BCUT2D eigenvalue weighted by atomic mass is 35.5. The summed E-state index contributed by atoms with van der Waals surface area (Å²) in [6.45, 7) is 1.46. The molecule has 0 radical (unpaired) electrons. The van der Waals surface area contributed by atoms with E-state index in [1.807, 2.05) is 6.07 Å². The molecule has 2 aromatic carbocycles. The zero-order chi connectivity index (χ0) is 21.8. The number of benzene rings is 2. The maximum atomic E-state index is 12.8. The van der Waals surface area contributed by atoms with Gasteiger partial charge in [-0.3, -0.25) is 19.8 Å². The van der Waals surface area contributed by atoms with Crippen molar-refractivity contribution in [3.05, 3.63) is 73.8 Å². The van der Waals surface area contributed by atoms with Gasteiger partial charge < -0.3 is 10.0 Å². The van der Waals surface area contributed by atoms with E-state index in [1.54, 1.807) is 36.2 Å². The third-order valence-electron chi connectivity index (χ3n) is 5.31. The molecule has 30 heavy (non-hydrogen) atoms. The van der Waals surface area contributed by atoms with Crippen LogP contribution in [0.25, 0.3) is 0 Å². The molecule has 1 saturated heterocycles. The molecule has 7 nitrogen and oxygen atoms in total. The molecule has 0 spiro atoms. The van der Waals surface area contributed by atoms with Gasteiger partial charge in [-0.05, 0) is 29.7 Å². The highest BCUT2D eigenvalue weighted by Gasteiger charge is 2.30. The molecule has 0 unspecified atom stereocenters. The minimum atomic E-state index is -0.441. The summed E-state index contributed by atoms with van der Waals surface area (Å²) in [5, 5.41) is 22.0. The van der Waals surface area contributed by atoms with Crippen molar-refractivity contribution in [3.63, 3.8) is 0 Å². The molecule has 2 atom stereocenters. The van der Waals surface area contributed by atoms with Crippen LogP contribution in [0.4, 0.5) is 5.69 Å². The van der Waals surface area contributed by atoms with Gasteiger partial charge >= 0.3 is 0 Å². The summed E-state index contributed by atoms with van der Waals surface area (Å²) in [7, 11) is 1.71. The van der Waals surface area contributed by atoms with E-state index in [2.05, 4.69) is 4.90 Å². The van der Waals surface area contributed by atoms with E-state index in [1.165, 1.54) is 12.1 Å². The van der Waals surface area contributed by atoms with Crippen LogP contribution in [0.15, 0.2) is 42.5 Å². The maximum absolute atomic E-state index is 12.8. The molecule has 9 heteroatoms. The van der Waals surface area contributed by atoms with Crippen LogP contribution in [0.1, 0.15) is 23.6 Å². The second-order valence-electron chi connectivity index (χ2n) is 7.50. The van der Waals surface area contributed by atoms with Gasteiger partial charge in [-0.2, -0.15) is 0 Å². The van der Waals surface area contributed by atoms with Crippen LogP contribution < -0.4 is 0 Å². The van der Waals surface area contributed by atoms with Crippen LogP contribution >= 0.6 is 23.2 Å². The van der Waals surface area contributed by atoms with E-state index in [4.69, 9.17) is 23.2 Å².